The van der Waals surface area contributed by atoms with E-state index < -0.39 is 5.82 Å². The number of hydrogen-bond donors (Lipinski definition) is 3. The number of aromatic amines is 1. The number of phenols is 1. The molecule has 0 aliphatic carbocycles. The van der Waals surface area contributed by atoms with Crippen LogP contribution in [0.2, 0.25) is 0 Å². The first-order chi connectivity index (χ1) is 15.2. The Balaban J connectivity index is 0.00000245. The number of rotatable bonds is 3. The van der Waals surface area contributed by atoms with Crippen molar-refractivity contribution in [1.82, 2.24) is 20.5 Å². The Morgan fingerprint density at radius 3 is 2.53 bits per heavy atom. The molecule has 32 heavy (non-hydrogen) atoms. The molecule has 7 nitrogen and oxygen atoms in total. The molecule has 0 bridgehead atoms. The van der Waals surface area contributed by atoms with Gasteiger partial charge in [-0.3, -0.25) is 5.10 Å². The highest BCUT2D eigenvalue weighted by Crippen LogP contribution is 2.37. The minimum atomic E-state index is -0.650. The molecule has 1 fully saturated rings. The molecular formula is C23H20ClFN6O. The summed E-state index contributed by atoms with van der Waals surface area (Å²) < 4.78 is 14.6. The summed E-state index contributed by atoms with van der Waals surface area (Å²) in [6, 6.07) is 14.0. The predicted molar refractivity (Wildman–Crippen MR) is 123 cm³/mol. The third-order valence-corrected chi connectivity index (χ3v) is 5.56. The minimum absolute atomic E-state index is 0. The number of halogens is 2. The lowest BCUT2D eigenvalue weighted by Crippen LogP contribution is -2.43. The van der Waals surface area contributed by atoms with E-state index in [-0.39, 0.29) is 35.0 Å². The third-order valence-electron chi connectivity index (χ3n) is 5.56. The molecular weight excluding hydrogens is 431 g/mol. The first-order valence-electron chi connectivity index (χ1n) is 9.98. The summed E-state index contributed by atoms with van der Waals surface area (Å²) in [4.78, 5) is 6.77. The molecule has 0 unspecified atom stereocenters. The summed E-state index contributed by atoms with van der Waals surface area (Å²) in [5, 5.41) is 30.5. The topological polar surface area (TPSA) is 101 Å². The van der Waals surface area contributed by atoms with E-state index in [1.54, 1.807) is 6.20 Å². The van der Waals surface area contributed by atoms with Crippen molar-refractivity contribution in [1.29, 1.82) is 5.26 Å². The highest BCUT2D eigenvalue weighted by atomic mass is 35.5. The van der Waals surface area contributed by atoms with Crippen LogP contribution in [0.3, 0.4) is 0 Å². The number of nitrogens with one attached hydrogen (secondary N) is 2. The average Bonchev–Trinajstić information content (AvgIpc) is 3.27. The van der Waals surface area contributed by atoms with E-state index >= 15 is 0 Å². The van der Waals surface area contributed by atoms with Crippen LogP contribution < -0.4 is 10.2 Å². The minimum Gasteiger partial charge on any atom is -0.508 e. The fraction of sp³-hybridized carbons (Fsp3) is 0.174. The maximum Gasteiger partial charge on any atom is 0.156 e. The number of aromatic nitrogens is 3. The van der Waals surface area contributed by atoms with E-state index in [1.165, 1.54) is 12.1 Å². The molecule has 0 spiro atoms. The maximum atomic E-state index is 14.6. The Morgan fingerprint density at radius 2 is 1.84 bits per heavy atom. The van der Waals surface area contributed by atoms with Crippen LogP contribution in [-0.2, 0) is 0 Å². The van der Waals surface area contributed by atoms with Crippen LogP contribution in [0.5, 0.6) is 5.75 Å². The maximum absolute atomic E-state index is 14.6. The van der Waals surface area contributed by atoms with Crippen molar-refractivity contribution in [3.63, 3.8) is 0 Å². The summed E-state index contributed by atoms with van der Waals surface area (Å²) in [5.74, 6) is -0.839. The molecule has 3 N–H and O–H groups in total. The number of hydrogen-bond acceptors (Lipinski definition) is 6. The van der Waals surface area contributed by atoms with Crippen molar-refractivity contribution in [2.24, 2.45) is 0 Å². The standard InChI is InChI=1S/C23H19FN6O.ClH/c24-20-11-16(31)5-6-17(20)22-18(12-25)21(19-13-27-29-23(19)28-22)14-1-3-15(4-2-14)30-9-7-26-8-10-30;/h1-6,11,13,26,31H,7-10H2,(H,27,28,29);1H. The molecule has 9 heteroatoms. The van der Waals surface area contributed by atoms with Crippen LogP contribution in [0.15, 0.2) is 48.7 Å². The molecule has 0 atom stereocenters. The molecule has 0 amide bonds. The number of pyridine rings is 1. The van der Waals surface area contributed by atoms with Gasteiger partial charge in [-0.05, 0) is 29.8 Å². The average molecular weight is 451 g/mol. The second kappa shape index (κ2) is 8.83. The zero-order valence-electron chi connectivity index (χ0n) is 17.0. The Morgan fingerprint density at radius 1 is 1.09 bits per heavy atom. The van der Waals surface area contributed by atoms with Gasteiger partial charge in [0.25, 0.3) is 0 Å². The lowest BCUT2D eigenvalue weighted by Gasteiger charge is -2.29. The number of H-pyrrole nitrogens is 1. The summed E-state index contributed by atoms with van der Waals surface area (Å²) in [5.41, 5.74) is 3.66. The lowest BCUT2D eigenvalue weighted by molar-refractivity contribution is 0.469. The smallest absolute Gasteiger partial charge is 0.156 e. The number of nitriles is 1. The highest BCUT2D eigenvalue weighted by molar-refractivity contribution is 5.99. The van der Waals surface area contributed by atoms with E-state index in [9.17, 15) is 14.8 Å². The van der Waals surface area contributed by atoms with Crippen molar-refractivity contribution in [3.05, 3.63) is 60.0 Å². The number of nitrogens with zero attached hydrogens (tertiary/aromatic N) is 4. The molecule has 1 aliphatic heterocycles. The van der Waals surface area contributed by atoms with Gasteiger partial charge in [0.15, 0.2) is 5.65 Å². The fourth-order valence-electron chi connectivity index (χ4n) is 4.03. The summed E-state index contributed by atoms with van der Waals surface area (Å²) in [7, 11) is 0. The number of benzene rings is 2. The van der Waals surface area contributed by atoms with Crippen molar-refractivity contribution in [2.45, 2.75) is 0 Å². The van der Waals surface area contributed by atoms with E-state index in [2.05, 4.69) is 31.5 Å². The van der Waals surface area contributed by atoms with E-state index in [0.717, 1.165) is 43.5 Å². The molecule has 162 valence electrons. The van der Waals surface area contributed by atoms with E-state index in [4.69, 9.17) is 0 Å². The second-order valence-corrected chi connectivity index (χ2v) is 7.40. The van der Waals surface area contributed by atoms with Crippen LogP contribution in [-0.4, -0.2) is 46.5 Å². The van der Waals surface area contributed by atoms with Crippen LogP contribution in [0.25, 0.3) is 33.4 Å². The van der Waals surface area contributed by atoms with Crippen LogP contribution >= 0.6 is 12.4 Å². The van der Waals surface area contributed by atoms with Gasteiger partial charge in [0.2, 0.25) is 0 Å². The molecule has 0 saturated carbocycles. The quantitative estimate of drug-likeness (QED) is 0.438. The van der Waals surface area contributed by atoms with Gasteiger partial charge >= 0.3 is 0 Å². The van der Waals surface area contributed by atoms with Crippen molar-refractivity contribution in [2.75, 3.05) is 31.1 Å². The van der Waals surface area contributed by atoms with Gasteiger partial charge in [-0.25, -0.2) is 9.37 Å². The zero-order valence-corrected chi connectivity index (χ0v) is 17.8. The van der Waals surface area contributed by atoms with Gasteiger partial charge < -0.3 is 15.3 Å². The molecule has 3 heterocycles. The largest absolute Gasteiger partial charge is 0.508 e. The lowest BCUT2D eigenvalue weighted by atomic mass is 9.94. The van der Waals surface area contributed by atoms with Gasteiger partial charge in [0, 0.05) is 54.4 Å². The van der Waals surface area contributed by atoms with Crippen molar-refractivity contribution < 1.29 is 9.50 Å². The normalized spacial score (nSPS) is 13.6. The number of aromatic hydroxyl groups is 1. The van der Waals surface area contributed by atoms with Crippen LogP contribution in [0, 0.1) is 17.1 Å². The third kappa shape index (κ3) is 3.73. The zero-order chi connectivity index (χ0) is 21.4. The van der Waals surface area contributed by atoms with Crippen LogP contribution in [0.1, 0.15) is 5.56 Å². The van der Waals surface area contributed by atoms with Crippen molar-refractivity contribution >= 4 is 29.1 Å². The molecule has 4 aromatic rings. The molecule has 0 radical (unpaired) electrons. The molecule has 1 saturated heterocycles. The van der Waals surface area contributed by atoms with Gasteiger partial charge in [-0.2, -0.15) is 10.4 Å². The Hall–Kier alpha value is -3.67. The van der Waals surface area contributed by atoms with Crippen molar-refractivity contribution in [3.8, 4) is 34.2 Å². The first-order valence-corrected chi connectivity index (χ1v) is 9.98. The molecule has 2 aromatic heterocycles. The Labute approximate surface area is 189 Å². The first kappa shape index (κ1) is 21.6. The highest BCUT2D eigenvalue weighted by Gasteiger charge is 2.21. The second-order valence-electron chi connectivity index (χ2n) is 7.40. The van der Waals surface area contributed by atoms with Gasteiger partial charge in [0.1, 0.15) is 17.6 Å². The number of anilines is 1. The molecule has 5 rings (SSSR count). The van der Waals surface area contributed by atoms with Gasteiger partial charge in [0.05, 0.1) is 17.5 Å². The van der Waals surface area contributed by atoms with Gasteiger partial charge in [-0.1, -0.05) is 12.1 Å². The number of piperazine rings is 1. The van der Waals surface area contributed by atoms with E-state index in [0.29, 0.717) is 16.6 Å². The SMILES string of the molecule is Cl.N#Cc1c(-c2ccc(O)cc2F)nc2[nH]ncc2c1-c1ccc(N2CCNCC2)cc1. The van der Waals surface area contributed by atoms with E-state index in [1.807, 2.05) is 24.3 Å². The number of fused-ring (bicyclic) bond motifs is 1. The van der Waals surface area contributed by atoms with Crippen LogP contribution in [0.4, 0.5) is 10.1 Å². The monoisotopic (exact) mass is 450 g/mol. The summed E-state index contributed by atoms with van der Waals surface area (Å²) in [6.45, 7) is 3.77. The summed E-state index contributed by atoms with van der Waals surface area (Å²) >= 11 is 0. The summed E-state index contributed by atoms with van der Waals surface area (Å²) in [6.07, 6.45) is 1.62. The Kier molecular flexibility index (Phi) is 5.95. The predicted octanol–water partition coefficient (Wildman–Crippen LogP) is 3.84. The number of phenolic OH excluding ortho intramolecular Hbond substituents is 1. The molecule has 1 aliphatic rings. The van der Waals surface area contributed by atoms with Gasteiger partial charge in [-0.15, -0.1) is 12.4 Å². The Bertz CT molecular complexity index is 1310. The molecule has 2 aromatic carbocycles. The fourth-order valence-corrected chi connectivity index (χ4v) is 4.03.